The van der Waals surface area contributed by atoms with Gasteiger partial charge < -0.3 is 20.1 Å². The minimum absolute atomic E-state index is 0.0320. The fourth-order valence-electron chi connectivity index (χ4n) is 5.24. The zero-order valence-corrected chi connectivity index (χ0v) is 18.5. The normalized spacial score (nSPS) is 19.8. The molecule has 1 unspecified atom stereocenters. The van der Waals surface area contributed by atoms with Crippen LogP contribution < -0.4 is 10.6 Å². The van der Waals surface area contributed by atoms with Crippen molar-refractivity contribution in [3.8, 4) is 0 Å². The summed E-state index contributed by atoms with van der Waals surface area (Å²) in [4.78, 5) is 19.2. The van der Waals surface area contributed by atoms with Crippen LogP contribution in [0.3, 0.4) is 0 Å². The molecule has 1 saturated heterocycles. The van der Waals surface area contributed by atoms with Crippen molar-refractivity contribution in [1.82, 2.24) is 25.1 Å². The maximum atomic E-state index is 11.8. The summed E-state index contributed by atoms with van der Waals surface area (Å²) < 4.78 is 2.53. The molecule has 0 aliphatic carbocycles. The minimum Gasteiger partial charge on any atom is -0.349 e. The number of aromatic nitrogens is 2. The topological polar surface area (TPSA) is 62.2 Å². The second-order valence-corrected chi connectivity index (χ2v) is 8.86. The number of rotatable bonds is 6. The van der Waals surface area contributed by atoms with Crippen molar-refractivity contribution in [2.24, 2.45) is 0 Å². The molecule has 0 spiro atoms. The monoisotopic (exact) mass is 409 g/mol. The molecule has 2 aliphatic heterocycles. The van der Waals surface area contributed by atoms with Gasteiger partial charge >= 0.3 is 0 Å². The van der Waals surface area contributed by atoms with E-state index >= 15 is 0 Å². The highest BCUT2D eigenvalue weighted by molar-refractivity contribution is 5.73. The van der Waals surface area contributed by atoms with Crippen molar-refractivity contribution in [3.63, 3.8) is 0 Å². The lowest BCUT2D eigenvalue weighted by atomic mass is 9.96. The van der Waals surface area contributed by atoms with Gasteiger partial charge in [0.25, 0.3) is 0 Å². The van der Waals surface area contributed by atoms with E-state index < -0.39 is 0 Å². The molecule has 1 fully saturated rings. The lowest BCUT2D eigenvalue weighted by molar-refractivity contribution is -0.119. The number of piperidine rings is 1. The Morgan fingerprint density at radius 2 is 2.00 bits per heavy atom. The van der Waals surface area contributed by atoms with Crippen LogP contribution in [0.4, 0.5) is 0 Å². The molecule has 6 heteroatoms. The van der Waals surface area contributed by atoms with Crippen LogP contribution in [0.5, 0.6) is 0 Å². The number of likely N-dealkylation sites (tertiary alicyclic amines) is 1. The van der Waals surface area contributed by atoms with E-state index in [1.54, 1.807) is 6.92 Å². The molecule has 2 atom stereocenters. The summed E-state index contributed by atoms with van der Waals surface area (Å²) in [6, 6.07) is 11.4. The summed E-state index contributed by atoms with van der Waals surface area (Å²) in [6.07, 6.45) is 4.34. The van der Waals surface area contributed by atoms with Gasteiger partial charge in [0.15, 0.2) is 0 Å². The molecular weight excluding hydrogens is 374 g/mol. The third kappa shape index (κ3) is 4.60. The lowest BCUT2D eigenvalue weighted by Gasteiger charge is -2.38. The van der Waals surface area contributed by atoms with Crippen LogP contribution in [-0.2, 0) is 17.8 Å². The van der Waals surface area contributed by atoms with Crippen LogP contribution in [0.25, 0.3) is 0 Å². The summed E-state index contributed by atoms with van der Waals surface area (Å²) in [5.74, 6) is 1.20. The summed E-state index contributed by atoms with van der Waals surface area (Å²) in [5, 5.41) is 6.59. The fourth-order valence-corrected chi connectivity index (χ4v) is 5.24. The minimum atomic E-state index is 0.0320. The third-order valence-corrected chi connectivity index (χ3v) is 6.74. The van der Waals surface area contributed by atoms with Crippen LogP contribution >= 0.6 is 0 Å². The summed E-state index contributed by atoms with van der Waals surface area (Å²) >= 11 is 0. The third-order valence-electron chi connectivity index (χ3n) is 6.74. The van der Waals surface area contributed by atoms with E-state index in [2.05, 4.69) is 46.1 Å². The number of nitrogens with one attached hydrogen (secondary N) is 2. The SMILES string of the molecule is CC(=O)N[C@@H](CC(C)N1CCC(n2c(C)nc3c2CCNC3)CC1)c1ccccc1. The molecule has 3 heterocycles. The number of hydrogen-bond donors (Lipinski definition) is 2. The van der Waals surface area contributed by atoms with Crippen molar-refractivity contribution >= 4 is 5.91 Å². The first-order chi connectivity index (χ1) is 14.5. The number of aryl methyl sites for hydroxylation is 1. The highest BCUT2D eigenvalue weighted by atomic mass is 16.1. The Labute approximate surface area is 180 Å². The quantitative estimate of drug-likeness (QED) is 0.770. The van der Waals surface area contributed by atoms with Gasteiger partial charge in [-0.15, -0.1) is 0 Å². The molecule has 2 aromatic rings. The molecule has 162 valence electrons. The Balaban J connectivity index is 1.39. The van der Waals surface area contributed by atoms with Gasteiger partial charge in [0.05, 0.1) is 11.7 Å². The van der Waals surface area contributed by atoms with Gasteiger partial charge in [0.2, 0.25) is 5.91 Å². The second-order valence-electron chi connectivity index (χ2n) is 8.86. The fraction of sp³-hybridized carbons (Fsp3) is 0.583. The Morgan fingerprint density at radius 1 is 1.27 bits per heavy atom. The highest BCUT2D eigenvalue weighted by Crippen LogP contribution is 2.30. The maximum Gasteiger partial charge on any atom is 0.217 e. The Kier molecular flexibility index (Phi) is 6.54. The van der Waals surface area contributed by atoms with Crippen LogP contribution in [0.15, 0.2) is 30.3 Å². The zero-order chi connectivity index (χ0) is 21.1. The van der Waals surface area contributed by atoms with E-state index in [0.29, 0.717) is 12.1 Å². The average Bonchev–Trinajstić information content (AvgIpc) is 3.09. The van der Waals surface area contributed by atoms with Crippen molar-refractivity contribution < 1.29 is 4.79 Å². The molecule has 1 aromatic carbocycles. The first-order valence-corrected chi connectivity index (χ1v) is 11.4. The summed E-state index contributed by atoms with van der Waals surface area (Å²) in [6.45, 7) is 10.2. The lowest BCUT2D eigenvalue weighted by Crippen LogP contribution is -2.43. The Morgan fingerprint density at radius 3 is 2.70 bits per heavy atom. The maximum absolute atomic E-state index is 11.8. The molecular formula is C24H35N5O. The number of fused-ring (bicyclic) bond motifs is 1. The zero-order valence-electron chi connectivity index (χ0n) is 18.5. The average molecular weight is 410 g/mol. The van der Waals surface area contributed by atoms with Crippen molar-refractivity contribution in [1.29, 1.82) is 0 Å². The first kappa shape index (κ1) is 21.1. The molecule has 30 heavy (non-hydrogen) atoms. The van der Waals surface area contributed by atoms with Crippen LogP contribution in [0.1, 0.15) is 68.0 Å². The number of imidazole rings is 1. The standard InChI is InChI=1S/C24H35N5O/c1-17(15-22(27-19(3)30)20-7-5-4-6-8-20)28-13-10-21(11-14-28)29-18(2)26-23-16-25-12-9-24(23)29/h4-8,17,21-22,25H,9-16H2,1-3H3,(H,27,30)/t17?,22-/m0/s1. The van der Waals surface area contributed by atoms with Crippen molar-refractivity contribution in [3.05, 3.63) is 53.1 Å². The highest BCUT2D eigenvalue weighted by Gasteiger charge is 2.29. The van der Waals surface area contributed by atoms with Gasteiger partial charge in [0, 0.05) is 57.3 Å². The molecule has 2 aliphatic rings. The van der Waals surface area contributed by atoms with Crippen LogP contribution in [-0.4, -0.2) is 46.0 Å². The number of carbonyl (C=O) groups is 1. The van der Waals surface area contributed by atoms with E-state index in [4.69, 9.17) is 4.98 Å². The predicted octanol–water partition coefficient (Wildman–Crippen LogP) is 3.13. The van der Waals surface area contributed by atoms with E-state index in [-0.39, 0.29) is 11.9 Å². The molecule has 0 bridgehead atoms. The predicted molar refractivity (Wildman–Crippen MR) is 119 cm³/mol. The van der Waals surface area contributed by atoms with E-state index in [0.717, 1.165) is 51.9 Å². The molecule has 0 saturated carbocycles. The number of hydrogen-bond acceptors (Lipinski definition) is 4. The Bertz CT molecular complexity index is 854. The summed E-state index contributed by atoms with van der Waals surface area (Å²) in [5.41, 5.74) is 3.88. The number of nitrogens with zero attached hydrogens (tertiary/aromatic N) is 3. The second kappa shape index (κ2) is 9.31. The van der Waals surface area contributed by atoms with E-state index in [1.807, 2.05) is 18.2 Å². The van der Waals surface area contributed by atoms with Crippen molar-refractivity contribution in [2.45, 2.75) is 71.1 Å². The molecule has 1 amide bonds. The van der Waals surface area contributed by atoms with Crippen LogP contribution in [0, 0.1) is 6.92 Å². The van der Waals surface area contributed by atoms with Crippen LogP contribution in [0.2, 0.25) is 0 Å². The first-order valence-electron chi connectivity index (χ1n) is 11.4. The van der Waals surface area contributed by atoms with Gasteiger partial charge in [-0.2, -0.15) is 0 Å². The molecule has 2 N–H and O–H groups in total. The number of carbonyl (C=O) groups excluding carboxylic acids is 1. The molecule has 1 aromatic heterocycles. The molecule has 6 nitrogen and oxygen atoms in total. The van der Waals surface area contributed by atoms with Gasteiger partial charge in [-0.25, -0.2) is 4.98 Å². The smallest absolute Gasteiger partial charge is 0.217 e. The van der Waals surface area contributed by atoms with Gasteiger partial charge in [-0.1, -0.05) is 30.3 Å². The van der Waals surface area contributed by atoms with E-state index in [9.17, 15) is 4.79 Å². The van der Waals surface area contributed by atoms with E-state index in [1.165, 1.54) is 22.8 Å². The molecule has 4 rings (SSSR count). The largest absolute Gasteiger partial charge is 0.349 e. The van der Waals surface area contributed by atoms with Crippen molar-refractivity contribution in [2.75, 3.05) is 19.6 Å². The Hall–Kier alpha value is -2.18. The number of amides is 1. The van der Waals surface area contributed by atoms with Gasteiger partial charge in [-0.3, -0.25) is 4.79 Å². The number of benzene rings is 1. The summed E-state index contributed by atoms with van der Waals surface area (Å²) in [7, 11) is 0. The van der Waals surface area contributed by atoms with Gasteiger partial charge in [0.1, 0.15) is 5.82 Å². The molecule has 0 radical (unpaired) electrons. The van der Waals surface area contributed by atoms with Gasteiger partial charge in [-0.05, 0) is 38.7 Å².